The van der Waals surface area contributed by atoms with Crippen molar-refractivity contribution in [3.8, 4) is 0 Å². The van der Waals surface area contributed by atoms with Crippen LogP contribution < -0.4 is 5.32 Å². The molecule has 1 unspecified atom stereocenters. The highest BCUT2D eigenvalue weighted by Crippen LogP contribution is 2.13. The smallest absolute Gasteiger partial charge is 0.192 e. The number of ketones is 1. The van der Waals surface area contributed by atoms with Crippen LogP contribution in [0.2, 0.25) is 0 Å². The first-order valence-electron chi connectivity index (χ1n) is 7.74. The van der Waals surface area contributed by atoms with Gasteiger partial charge in [0, 0.05) is 50.2 Å². The molecule has 2 heterocycles. The predicted octanol–water partition coefficient (Wildman–Crippen LogP) is 2.23. The van der Waals surface area contributed by atoms with Crippen LogP contribution in [0.3, 0.4) is 0 Å². The van der Waals surface area contributed by atoms with Gasteiger partial charge in [-0.25, -0.2) is 4.98 Å². The lowest BCUT2D eigenvalue weighted by atomic mass is 10.0. The number of carbonyl (C=O) groups excluding carboxylic acids is 1. The van der Waals surface area contributed by atoms with Gasteiger partial charge >= 0.3 is 0 Å². The minimum Gasteiger partial charge on any atom is -0.314 e. The van der Waals surface area contributed by atoms with Gasteiger partial charge in [-0.1, -0.05) is 30.3 Å². The molecule has 22 heavy (non-hydrogen) atoms. The quantitative estimate of drug-likeness (QED) is 0.830. The number of thiazole rings is 1. The van der Waals surface area contributed by atoms with E-state index in [-0.39, 0.29) is 5.78 Å². The lowest BCUT2D eigenvalue weighted by Gasteiger charge is -2.36. The van der Waals surface area contributed by atoms with E-state index < -0.39 is 0 Å². The second-order valence-corrected chi connectivity index (χ2v) is 6.49. The Hall–Kier alpha value is -1.56. The van der Waals surface area contributed by atoms with Gasteiger partial charge < -0.3 is 5.32 Å². The molecule has 3 rings (SSSR count). The van der Waals surface area contributed by atoms with E-state index in [1.165, 1.54) is 16.9 Å². The zero-order chi connectivity index (χ0) is 15.2. The summed E-state index contributed by atoms with van der Waals surface area (Å²) < 4.78 is 0. The zero-order valence-corrected chi connectivity index (χ0v) is 13.4. The highest BCUT2D eigenvalue weighted by molar-refractivity contribution is 7.11. The number of nitrogens with one attached hydrogen (secondary N) is 1. The fraction of sp³-hybridized carbons (Fsp3) is 0.412. The SMILES string of the molecule is O=C(CCN1CCNCC1Cc1ccccc1)c1nccs1. The molecule has 2 aromatic rings. The van der Waals surface area contributed by atoms with Crippen LogP contribution >= 0.6 is 11.3 Å². The average molecular weight is 315 g/mol. The van der Waals surface area contributed by atoms with Gasteiger partial charge in [0.25, 0.3) is 0 Å². The number of nitrogens with zero attached hydrogens (tertiary/aromatic N) is 2. The molecule has 0 amide bonds. The maximum atomic E-state index is 12.1. The fourth-order valence-corrected chi connectivity index (χ4v) is 3.50. The summed E-state index contributed by atoms with van der Waals surface area (Å²) in [6.45, 7) is 3.80. The summed E-state index contributed by atoms with van der Waals surface area (Å²) in [4.78, 5) is 18.7. The molecule has 1 aliphatic rings. The van der Waals surface area contributed by atoms with E-state index in [1.807, 2.05) is 11.4 Å². The number of piperazine rings is 1. The van der Waals surface area contributed by atoms with Crippen molar-refractivity contribution < 1.29 is 4.79 Å². The van der Waals surface area contributed by atoms with E-state index in [2.05, 4.69) is 39.5 Å². The molecule has 1 aliphatic heterocycles. The van der Waals surface area contributed by atoms with Crippen molar-refractivity contribution in [3.63, 3.8) is 0 Å². The molecule has 116 valence electrons. The molecular weight excluding hydrogens is 294 g/mol. The Morgan fingerprint density at radius 2 is 2.23 bits per heavy atom. The first-order valence-corrected chi connectivity index (χ1v) is 8.62. The zero-order valence-electron chi connectivity index (χ0n) is 12.6. The molecule has 0 bridgehead atoms. The van der Waals surface area contributed by atoms with Crippen LogP contribution in [0.15, 0.2) is 41.9 Å². The Bertz CT molecular complexity index is 585. The van der Waals surface area contributed by atoms with Gasteiger partial charge in [-0.05, 0) is 12.0 Å². The standard InChI is InChI=1S/C17H21N3OS/c21-16(17-19-8-11-22-17)6-9-20-10-7-18-13-15(20)12-14-4-2-1-3-5-14/h1-5,8,11,15,18H,6-7,9-10,12-13H2. The lowest BCUT2D eigenvalue weighted by Crippen LogP contribution is -2.52. The van der Waals surface area contributed by atoms with E-state index in [0.29, 0.717) is 17.5 Å². The Morgan fingerprint density at radius 1 is 1.36 bits per heavy atom. The van der Waals surface area contributed by atoms with Gasteiger partial charge in [-0.15, -0.1) is 11.3 Å². The van der Waals surface area contributed by atoms with Gasteiger partial charge in [-0.3, -0.25) is 9.69 Å². The number of carbonyl (C=O) groups is 1. The van der Waals surface area contributed by atoms with E-state index in [4.69, 9.17) is 0 Å². The molecule has 4 nitrogen and oxygen atoms in total. The van der Waals surface area contributed by atoms with Crippen LogP contribution in [-0.2, 0) is 6.42 Å². The molecule has 1 aromatic heterocycles. The largest absolute Gasteiger partial charge is 0.314 e. The first-order chi connectivity index (χ1) is 10.8. The molecule has 1 N–H and O–H groups in total. The maximum absolute atomic E-state index is 12.1. The van der Waals surface area contributed by atoms with Gasteiger partial charge in [0.15, 0.2) is 10.8 Å². The van der Waals surface area contributed by atoms with E-state index >= 15 is 0 Å². The van der Waals surface area contributed by atoms with Crippen LogP contribution in [-0.4, -0.2) is 47.9 Å². The van der Waals surface area contributed by atoms with Gasteiger partial charge in [0.2, 0.25) is 0 Å². The molecule has 1 atom stereocenters. The highest BCUT2D eigenvalue weighted by Gasteiger charge is 2.23. The van der Waals surface area contributed by atoms with Crippen molar-refractivity contribution in [2.75, 3.05) is 26.2 Å². The van der Waals surface area contributed by atoms with Crippen molar-refractivity contribution in [3.05, 3.63) is 52.5 Å². The number of hydrogen-bond acceptors (Lipinski definition) is 5. The van der Waals surface area contributed by atoms with Crippen LogP contribution in [0.1, 0.15) is 21.8 Å². The summed E-state index contributed by atoms with van der Waals surface area (Å²) in [5.41, 5.74) is 1.35. The van der Waals surface area contributed by atoms with Crippen molar-refractivity contribution in [1.82, 2.24) is 15.2 Å². The molecule has 0 spiro atoms. The number of hydrogen-bond donors (Lipinski definition) is 1. The van der Waals surface area contributed by atoms with E-state index in [9.17, 15) is 4.79 Å². The third-order valence-electron chi connectivity index (χ3n) is 4.08. The molecule has 0 aliphatic carbocycles. The number of aromatic nitrogens is 1. The number of rotatable bonds is 6. The fourth-order valence-electron chi connectivity index (χ4n) is 2.90. The van der Waals surface area contributed by atoms with Crippen molar-refractivity contribution in [2.45, 2.75) is 18.9 Å². The van der Waals surface area contributed by atoms with Crippen molar-refractivity contribution >= 4 is 17.1 Å². The molecular formula is C17H21N3OS. The van der Waals surface area contributed by atoms with Gasteiger partial charge in [0.1, 0.15) is 0 Å². The summed E-state index contributed by atoms with van der Waals surface area (Å²) in [5.74, 6) is 0.159. The van der Waals surface area contributed by atoms with Crippen molar-refractivity contribution in [2.24, 2.45) is 0 Å². The summed E-state index contributed by atoms with van der Waals surface area (Å²) in [5, 5.41) is 5.95. The minimum absolute atomic E-state index is 0.159. The Labute approximate surface area is 135 Å². The Kier molecular flexibility index (Phi) is 5.32. The van der Waals surface area contributed by atoms with E-state index in [0.717, 1.165) is 32.6 Å². The summed E-state index contributed by atoms with van der Waals surface area (Å²) in [6, 6.07) is 11.0. The van der Waals surface area contributed by atoms with Crippen LogP contribution in [0, 0.1) is 0 Å². The minimum atomic E-state index is 0.159. The van der Waals surface area contributed by atoms with Crippen LogP contribution in [0.5, 0.6) is 0 Å². The molecule has 5 heteroatoms. The third-order valence-corrected chi connectivity index (χ3v) is 4.90. The van der Waals surface area contributed by atoms with Gasteiger partial charge in [-0.2, -0.15) is 0 Å². The Morgan fingerprint density at radius 3 is 3.00 bits per heavy atom. The highest BCUT2D eigenvalue weighted by atomic mass is 32.1. The topological polar surface area (TPSA) is 45.2 Å². The summed E-state index contributed by atoms with van der Waals surface area (Å²) >= 11 is 1.43. The average Bonchev–Trinajstić information content (AvgIpc) is 3.09. The third kappa shape index (κ3) is 4.00. The maximum Gasteiger partial charge on any atom is 0.192 e. The van der Waals surface area contributed by atoms with Crippen molar-refractivity contribution in [1.29, 1.82) is 0 Å². The normalized spacial score (nSPS) is 19.2. The first kappa shape index (κ1) is 15.3. The lowest BCUT2D eigenvalue weighted by molar-refractivity contribution is 0.0935. The molecule has 1 aromatic carbocycles. The van der Waals surface area contributed by atoms with Gasteiger partial charge in [0.05, 0.1) is 0 Å². The Balaban J connectivity index is 1.57. The monoisotopic (exact) mass is 315 g/mol. The molecule has 1 saturated heterocycles. The number of Topliss-reactive ketones (excluding diaryl/α,β-unsaturated/α-hetero) is 1. The molecule has 0 radical (unpaired) electrons. The van der Waals surface area contributed by atoms with Crippen LogP contribution in [0.25, 0.3) is 0 Å². The number of benzene rings is 1. The summed E-state index contributed by atoms with van der Waals surface area (Å²) in [7, 11) is 0. The second kappa shape index (κ2) is 7.63. The van der Waals surface area contributed by atoms with Crippen LogP contribution in [0.4, 0.5) is 0 Å². The predicted molar refractivity (Wildman–Crippen MR) is 89.4 cm³/mol. The summed E-state index contributed by atoms with van der Waals surface area (Å²) in [6.07, 6.45) is 3.28. The second-order valence-electron chi connectivity index (χ2n) is 5.59. The molecule has 1 fully saturated rings. The molecule has 0 saturated carbocycles. The van der Waals surface area contributed by atoms with E-state index in [1.54, 1.807) is 6.20 Å².